The Morgan fingerprint density at radius 2 is 1.93 bits per heavy atom. The van der Waals surface area contributed by atoms with Crippen LogP contribution in [0.3, 0.4) is 0 Å². The first-order valence-corrected chi connectivity index (χ1v) is 10.2. The number of carbonyl (C=O) groups is 1. The molecule has 2 heterocycles. The van der Waals surface area contributed by atoms with E-state index >= 15 is 0 Å². The van der Waals surface area contributed by atoms with Gasteiger partial charge >= 0.3 is 0 Å². The summed E-state index contributed by atoms with van der Waals surface area (Å²) in [5.74, 6) is 0.147. The van der Waals surface area contributed by atoms with E-state index in [0.29, 0.717) is 24.3 Å². The molecular formula is C23H28N2O4. The Hall–Kier alpha value is -2.44. The van der Waals surface area contributed by atoms with E-state index in [2.05, 4.69) is 4.98 Å². The number of hydrogen-bond acceptors (Lipinski definition) is 5. The average molecular weight is 396 g/mol. The third kappa shape index (κ3) is 3.30. The number of pyridine rings is 1. The number of amides is 1. The van der Waals surface area contributed by atoms with E-state index in [1.807, 2.05) is 42.2 Å². The van der Waals surface area contributed by atoms with Crippen molar-refractivity contribution >= 4 is 5.91 Å². The molecule has 1 aliphatic heterocycles. The van der Waals surface area contributed by atoms with Crippen LogP contribution in [0.5, 0.6) is 5.88 Å². The lowest BCUT2D eigenvalue weighted by Crippen LogP contribution is -2.49. The molecule has 1 saturated heterocycles. The molecule has 1 aromatic heterocycles. The summed E-state index contributed by atoms with van der Waals surface area (Å²) in [6, 6.07) is 13.0. The van der Waals surface area contributed by atoms with Crippen LogP contribution in [0.15, 0.2) is 48.7 Å². The molecule has 1 amide bonds. The molecule has 0 unspecified atom stereocenters. The molecule has 1 saturated carbocycles. The van der Waals surface area contributed by atoms with Crippen molar-refractivity contribution in [2.45, 2.75) is 56.9 Å². The summed E-state index contributed by atoms with van der Waals surface area (Å²) in [5.41, 5.74) is 0.848. The Balaban J connectivity index is 1.82. The van der Waals surface area contributed by atoms with Gasteiger partial charge in [-0.2, -0.15) is 0 Å². The summed E-state index contributed by atoms with van der Waals surface area (Å²) < 4.78 is 5.34. The number of aliphatic hydroxyl groups excluding tert-OH is 2. The third-order valence-electron chi connectivity index (χ3n) is 6.70. The number of rotatable bonds is 3. The van der Waals surface area contributed by atoms with E-state index in [9.17, 15) is 15.0 Å². The van der Waals surface area contributed by atoms with Gasteiger partial charge in [-0.15, -0.1) is 0 Å². The molecule has 6 nitrogen and oxygen atoms in total. The molecule has 0 radical (unpaired) electrons. The van der Waals surface area contributed by atoms with E-state index in [0.717, 1.165) is 18.4 Å². The first-order chi connectivity index (χ1) is 14.0. The maximum absolute atomic E-state index is 13.8. The van der Waals surface area contributed by atoms with E-state index < -0.39 is 17.6 Å². The van der Waals surface area contributed by atoms with Gasteiger partial charge in [0, 0.05) is 17.7 Å². The van der Waals surface area contributed by atoms with Crippen LogP contribution < -0.4 is 4.74 Å². The molecule has 1 aromatic carbocycles. The number of aliphatic hydroxyl groups is 2. The molecule has 2 aliphatic rings. The summed E-state index contributed by atoms with van der Waals surface area (Å²) in [6.07, 6.45) is 2.58. The van der Waals surface area contributed by atoms with Gasteiger partial charge in [-0.05, 0) is 43.4 Å². The summed E-state index contributed by atoms with van der Waals surface area (Å²) in [6.45, 7) is 2.00. The van der Waals surface area contributed by atoms with Gasteiger partial charge in [0.25, 0.3) is 5.91 Å². The van der Waals surface area contributed by atoms with E-state index in [-0.39, 0.29) is 18.0 Å². The number of likely N-dealkylation sites (tertiary alicyclic amines) is 1. The van der Waals surface area contributed by atoms with Crippen molar-refractivity contribution < 1.29 is 19.7 Å². The maximum atomic E-state index is 13.8. The first kappa shape index (κ1) is 19.9. The summed E-state index contributed by atoms with van der Waals surface area (Å²) >= 11 is 0. The first-order valence-electron chi connectivity index (χ1n) is 10.2. The highest BCUT2D eigenvalue weighted by Gasteiger charge is 2.57. The van der Waals surface area contributed by atoms with E-state index in [1.165, 1.54) is 7.11 Å². The predicted molar refractivity (Wildman–Crippen MR) is 109 cm³/mol. The van der Waals surface area contributed by atoms with Crippen LogP contribution in [0.25, 0.3) is 0 Å². The predicted octanol–water partition coefficient (Wildman–Crippen LogP) is 2.96. The van der Waals surface area contributed by atoms with Gasteiger partial charge in [-0.25, -0.2) is 4.98 Å². The molecule has 1 aliphatic carbocycles. The largest absolute Gasteiger partial charge is 0.480 e. The molecule has 154 valence electrons. The van der Waals surface area contributed by atoms with Crippen molar-refractivity contribution in [2.24, 2.45) is 5.41 Å². The normalized spacial score (nSPS) is 31.8. The van der Waals surface area contributed by atoms with Crippen molar-refractivity contribution in [3.63, 3.8) is 0 Å². The molecule has 6 heteroatoms. The smallest absolute Gasteiger partial charge is 0.260 e. The second-order valence-electron chi connectivity index (χ2n) is 8.37. The summed E-state index contributed by atoms with van der Waals surface area (Å²) in [7, 11) is 1.51. The van der Waals surface area contributed by atoms with Gasteiger partial charge in [0.1, 0.15) is 5.56 Å². The number of carbonyl (C=O) groups excluding carboxylic acids is 1. The fourth-order valence-electron chi connectivity index (χ4n) is 5.18. The Bertz CT molecular complexity index is 874. The molecule has 29 heavy (non-hydrogen) atoms. The summed E-state index contributed by atoms with van der Waals surface area (Å²) in [4.78, 5) is 19.9. The fraction of sp³-hybridized carbons (Fsp3) is 0.478. The molecule has 2 N–H and O–H groups in total. The van der Waals surface area contributed by atoms with Gasteiger partial charge in [0.2, 0.25) is 5.88 Å². The second kappa shape index (κ2) is 7.76. The molecule has 4 rings (SSSR count). The van der Waals surface area contributed by atoms with Gasteiger partial charge < -0.3 is 19.8 Å². The lowest BCUT2D eigenvalue weighted by atomic mass is 9.74. The average Bonchev–Trinajstić information content (AvgIpc) is 3.01. The number of ether oxygens (including phenoxy) is 1. The van der Waals surface area contributed by atoms with E-state index in [1.54, 1.807) is 18.3 Å². The monoisotopic (exact) mass is 396 g/mol. The minimum absolute atomic E-state index is 0.152. The Morgan fingerprint density at radius 1 is 1.17 bits per heavy atom. The topological polar surface area (TPSA) is 82.9 Å². The quantitative estimate of drug-likeness (QED) is 0.834. The highest BCUT2D eigenvalue weighted by molar-refractivity contribution is 5.97. The molecular weight excluding hydrogens is 368 g/mol. The number of benzene rings is 1. The van der Waals surface area contributed by atoms with Crippen LogP contribution in [0.1, 0.15) is 54.6 Å². The zero-order valence-electron chi connectivity index (χ0n) is 16.9. The van der Waals surface area contributed by atoms with Gasteiger partial charge in [0.15, 0.2) is 0 Å². The third-order valence-corrected chi connectivity index (χ3v) is 6.70. The number of methoxy groups -OCH3 is 1. The lowest BCUT2D eigenvalue weighted by molar-refractivity contribution is -0.0612. The SMILES string of the molecule is COc1ncccc1C(=O)N1[C@@H](c2ccccc2)C[C@@]2(C)[C@@H](O)[C@@H](O)CCC[C@@H]12. The fourth-order valence-corrected chi connectivity index (χ4v) is 5.18. The van der Waals surface area contributed by atoms with Crippen LogP contribution in [-0.4, -0.2) is 51.4 Å². The lowest BCUT2D eigenvalue weighted by Gasteiger charge is -2.38. The number of aromatic nitrogens is 1. The van der Waals surface area contributed by atoms with Crippen molar-refractivity contribution in [3.8, 4) is 5.88 Å². The minimum Gasteiger partial charge on any atom is -0.480 e. The van der Waals surface area contributed by atoms with Gasteiger partial charge in [-0.1, -0.05) is 37.3 Å². The summed E-state index contributed by atoms with van der Waals surface area (Å²) in [5, 5.41) is 21.5. The van der Waals surface area contributed by atoms with Gasteiger partial charge in [0.05, 0.1) is 25.4 Å². The van der Waals surface area contributed by atoms with Crippen LogP contribution in [0.4, 0.5) is 0 Å². The van der Waals surface area contributed by atoms with Crippen molar-refractivity contribution in [2.75, 3.05) is 7.11 Å². The molecule has 2 fully saturated rings. The molecule has 0 spiro atoms. The number of hydrogen-bond donors (Lipinski definition) is 2. The Morgan fingerprint density at radius 3 is 2.66 bits per heavy atom. The van der Waals surface area contributed by atoms with Crippen LogP contribution >= 0.6 is 0 Å². The molecule has 0 bridgehead atoms. The highest BCUT2D eigenvalue weighted by atomic mass is 16.5. The number of nitrogens with zero attached hydrogens (tertiary/aromatic N) is 2. The van der Waals surface area contributed by atoms with E-state index in [4.69, 9.17) is 4.74 Å². The minimum atomic E-state index is -0.880. The maximum Gasteiger partial charge on any atom is 0.260 e. The molecule has 2 aromatic rings. The zero-order valence-corrected chi connectivity index (χ0v) is 16.9. The molecule has 5 atom stereocenters. The van der Waals surface area contributed by atoms with Gasteiger partial charge in [-0.3, -0.25) is 4.79 Å². The Kier molecular flexibility index (Phi) is 5.32. The number of fused-ring (bicyclic) bond motifs is 1. The van der Waals surface area contributed by atoms with Crippen molar-refractivity contribution in [3.05, 3.63) is 59.8 Å². The second-order valence-corrected chi connectivity index (χ2v) is 8.37. The van der Waals surface area contributed by atoms with Crippen molar-refractivity contribution in [1.82, 2.24) is 9.88 Å². The standard InChI is InChI=1S/C23H28N2O4/c1-23-14-17(15-8-4-3-5-9-15)25(19(23)12-6-11-18(26)20(23)27)22(28)16-10-7-13-24-21(16)29-2/h3-5,7-10,13,17-20,26-27H,6,11-12,14H2,1-2H3/t17-,18+,19-,20+,23-/m1/s1. The van der Waals surface area contributed by atoms with Crippen LogP contribution in [-0.2, 0) is 0 Å². The van der Waals surface area contributed by atoms with Crippen molar-refractivity contribution in [1.29, 1.82) is 0 Å². The Labute approximate surface area is 171 Å². The zero-order chi connectivity index (χ0) is 20.6. The van der Waals surface area contributed by atoms with Crippen LogP contribution in [0, 0.1) is 5.41 Å². The van der Waals surface area contributed by atoms with Crippen LogP contribution in [0.2, 0.25) is 0 Å². The highest BCUT2D eigenvalue weighted by Crippen LogP contribution is 2.54.